The molecular weight excluding hydrogens is 220 g/mol. The van der Waals surface area contributed by atoms with Crippen molar-refractivity contribution >= 4 is 18.4 Å². The summed E-state index contributed by atoms with van der Waals surface area (Å²) < 4.78 is 0. The smallest absolute Gasteiger partial charge is 0.197 e. The van der Waals surface area contributed by atoms with Crippen LogP contribution >= 0.6 is 12.6 Å². The van der Waals surface area contributed by atoms with Gasteiger partial charge in [-0.2, -0.15) is 0 Å². The van der Waals surface area contributed by atoms with Gasteiger partial charge in [0.1, 0.15) is 5.75 Å². The molecule has 0 radical (unpaired) electrons. The van der Waals surface area contributed by atoms with E-state index >= 15 is 0 Å². The minimum atomic E-state index is -0.219. The number of aromatic hydroxyl groups is 1. The average Bonchev–Trinajstić information content (AvgIpc) is 2.29. The van der Waals surface area contributed by atoms with Gasteiger partial charge in [0.25, 0.3) is 0 Å². The Balaban J connectivity index is 2.48. The molecule has 0 bridgehead atoms. The van der Waals surface area contributed by atoms with Gasteiger partial charge in [-0.05, 0) is 24.3 Å². The van der Waals surface area contributed by atoms with E-state index in [1.165, 1.54) is 6.07 Å². The lowest BCUT2D eigenvalue weighted by Gasteiger charge is -2.05. The van der Waals surface area contributed by atoms with Crippen LogP contribution in [0.2, 0.25) is 0 Å². The van der Waals surface area contributed by atoms with Gasteiger partial charge in [-0.25, -0.2) is 0 Å². The molecule has 1 N–H and O–H groups in total. The number of rotatable bonds is 2. The van der Waals surface area contributed by atoms with Crippen molar-refractivity contribution in [1.29, 1.82) is 0 Å². The van der Waals surface area contributed by atoms with E-state index in [0.717, 1.165) is 0 Å². The molecule has 2 nitrogen and oxygen atoms in total. The van der Waals surface area contributed by atoms with E-state index in [4.69, 9.17) is 0 Å². The largest absolute Gasteiger partial charge is 0.507 e. The van der Waals surface area contributed by atoms with E-state index in [-0.39, 0.29) is 11.5 Å². The van der Waals surface area contributed by atoms with Crippen molar-refractivity contribution < 1.29 is 9.90 Å². The minimum absolute atomic E-state index is 0.0101. The number of hydrogen-bond donors (Lipinski definition) is 2. The van der Waals surface area contributed by atoms with E-state index in [2.05, 4.69) is 12.6 Å². The zero-order chi connectivity index (χ0) is 11.5. The SMILES string of the molecule is O=C(c1ccccc1O)c1ccccc1S. The Hall–Kier alpha value is -1.74. The average molecular weight is 230 g/mol. The van der Waals surface area contributed by atoms with Gasteiger partial charge >= 0.3 is 0 Å². The maximum Gasteiger partial charge on any atom is 0.197 e. The molecular formula is C13H10O2S. The second kappa shape index (κ2) is 4.41. The highest BCUT2D eigenvalue weighted by molar-refractivity contribution is 7.80. The molecule has 80 valence electrons. The number of para-hydroxylation sites is 1. The van der Waals surface area contributed by atoms with Crippen LogP contribution in [0.1, 0.15) is 15.9 Å². The van der Waals surface area contributed by atoms with Crippen LogP contribution in [0, 0.1) is 0 Å². The third-order valence-corrected chi connectivity index (χ3v) is 2.69. The molecule has 0 aliphatic heterocycles. The van der Waals surface area contributed by atoms with Gasteiger partial charge in [0.05, 0.1) is 5.56 Å². The fourth-order valence-corrected chi connectivity index (χ4v) is 1.74. The van der Waals surface area contributed by atoms with Crippen molar-refractivity contribution in [3.63, 3.8) is 0 Å². The van der Waals surface area contributed by atoms with E-state index in [0.29, 0.717) is 16.0 Å². The molecule has 0 unspecified atom stereocenters. The number of phenolic OH excluding ortho intramolecular Hbond substituents is 1. The summed E-state index contributed by atoms with van der Waals surface area (Å²) >= 11 is 4.22. The van der Waals surface area contributed by atoms with Gasteiger partial charge in [0.15, 0.2) is 5.78 Å². The summed E-state index contributed by atoms with van der Waals surface area (Å²) in [5, 5.41) is 9.59. The molecule has 0 aromatic heterocycles. The van der Waals surface area contributed by atoms with Crippen LogP contribution in [0.25, 0.3) is 0 Å². The number of ketones is 1. The molecule has 2 aromatic rings. The zero-order valence-electron chi connectivity index (χ0n) is 8.42. The van der Waals surface area contributed by atoms with E-state index in [1.54, 1.807) is 36.4 Å². The minimum Gasteiger partial charge on any atom is -0.507 e. The number of benzene rings is 2. The van der Waals surface area contributed by atoms with Gasteiger partial charge in [0.2, 0.25) is 0 Å². The van der Waals surface area contributed by atoms with Crippen molar-refractivity contribution in [2.75, 3.05) is 0 Å². The van der Waals surface area contributed by atoms with Crippen LogP contribution in [0.5, 0.6) is 5.75 Å². The Kier molecular flexibility index (Phi) is 2.97. The first-order chi connectivity index (χ1) is 7.70. The number of phenols is 1. The number of hydrogen-bond acceptors (Lipinski definition) is 3. The molecule has 0 saturated heterocycles. The van der Waals surface area contributed by atoms with Crippen molar-refractivity contribution in [2.45, 2.75) is 4.90 Å². The summed E-state index contributed by atoms with van der Waals surface area (Å²) in [5.41, 5.74) is 0.788. The summed E-state index contributed by atoms with van der Waals surface area (Å²) in [7, 11) is 0. The monoisotopic (exact) mass is 230 g/mol. The second-order valence-electron chi connectivity index (χ2n) is 3.36. The molecule has 0 aliphatic rings. The Morgan fingerprint density at radius 3 is 2.12 bits per heavy atom. The highest BCUT2D eigenvalue weighted by Gasteiger charge is 2.14. The molecule has 3 heteroatoms. The van der Waals surface area contributed by atoms with Crippen LogP contribution in [-0.2, 0) is 0 Å². The van der Waals surface area contributed by atoms with Gasteiger partial charge in [0, 0.05) is 10.5 Å². The molecule has 0 aliphatic carbocycles. The fraction of sp³-hybridized carbons (Fsp3) is 0. The summed E-state index contributed by atoms with van der Waals surface area (Å²) in [6, 6.07) is 13.5. The molecule has 2 rings (SSSR count). The van der Waals surface area contributed by atoms with Gasteiger partial charge in [-0.3, -0.25) is 4.79 Å². The van der Waals surface area contributed by atoms with E-state index in [1.807, 2.05) is 6.07 Å². The Labute approximate surface area is 99.0 Å². The first-order valence-corrected chi connectivity index (χ1v) is 5.25. The second-order valence-corrected chi connectivity index (χ2v) is 3.85. The third-order valence-electron chi connectivity index (χ3n) is 2.30. The molecule has 0 fully saturated rings. The van der Waals surface area contributed by atoms with Gasteiger partial charge in [-0.15, -0.1) is 12.6 Å². The predicted octanol–water partition coefficient (Wildman–Crippen LogP) is 2.91. The predicted molar refractivity (Wildman–Crippen MR) is 65.2 cm³/mol. The summed E-state index contributed by atoms with van der Waals surface area (Å²) in [6.07, 6.45) is 0. The molecule has 0 amide bonds. The first kappa shape index (κ1) is 10.8. The lowest BCUT2D eigenvalue weighted by molar-refractivity contribution is 0.103. The lowest BCUT2D eigenvalue weighted by atomic mass is 10.0. The topological polar surface area (TPSA) is 37.3 Å². The van der Waals surface area contributed by atoms with Crippen molar-refractivity contribution in [2.24, 2.45) is 0 Å². The maximum absolute atomic E-state index is 12.1. The molecule has 2 aromatic carbocycles. The van der Waals surface area contributed by atoms with Crippen molar-refractivity contribution in [3.05, 3.63) is 59.7 Å². The number of carbonyl (C=O) groups excluding carboxylic acids is 1. The Morgan fingerprint density at radius 2 is 1.50 bits per heavy atom. The van der Waals surface area contributed by atoms with E-state index in [9.17, 15) is 9.90 Å². The lowest BCUT2D eigenvalue weighted by Crippen LogP contribution is -2.02. The van der Waals surface area contributed by atoms with Crippen LogP contribution in [0.3, 0.4) is 0 Å². The van der Waals surface area contributed by atoms with Crippen molar-refractivity contribution in [1.82, 2.24) is 0 Å². The normalized spacial score (nSPS) is 10.1. The molecule has 0 atom stereocenters. The quantitative estimate of drug-likeness (QED) is 0.615. The van der Waals surface area contributed by atoms with Crippen LogP contribution in [-0.4, -0.2) is 10.9 Å². The van der Waals surface area contributed by atoms with Crippen LogP contribution in [0.15, 0.2) is 53.4 Å². The number of carbonyl (C=O) groups is 1. The standard InChI is InChI=1S/C13H10O2S/c14-11-7-3-1-5-9(11)13(15)10-6-2-4-8-12(10)16/h1-8,14,16H. The first-order valence-electron chi connectivity index (χ1n) is 4.81. The Bertz CT molecular complexity index is 487. The Morgan fingerprint density at radius 1 is 0.938 bits per heavy atom. The zero-order valence-corrected chi connectivity index (χ0v) is 9.32. The summed E-state index contributed by atoms with van der Waals surface area (Å²) in [6.45, 7) is 0. The maximum atomic E-state index is 12.1. The van der Waals surface area contributed by atoms with E-state index < -0.39 is 0 Å². The highest BCUT2D eigenvalue weighted by atomic mass is 32.1. The third kappa shape index (κ3) is 1.95. The molecule has 16 heavy (non-hydrogen) atoms. The molecule has 0 spiro atoms. The summed E-state index contributed by atoms with van der Waals surface area (Å²) in [5.74, 6) is -0.229. The summed E-state index contributed by atoms with van der Waals surface area (Å²) in [4.78, 5) is 12.7. The van der Waals surface area contributed by atoms with Gasteiger partial charge < -0.3 is 5.11 Å². The fourth-order valence-electron chi connectivity index (χ4n) is 1.48. The van der Waals surface area contributed by atoms with Gasteiger partial charge in [-0.1, -0.05) is 24.3 Å². The highest BCUT2D eigenvalue weighted by Crippen LogP contribution is 2.23. The van der Waals surface area contributed by atoms with Crippen LogP contribution < -0.4 is 0 Å². The molecule has 0 saturated carbocycles. The number of thiol groups is 1. The molecule has 0 heterocycles. The van der Waals surface area contributed by atoms with Crippen LogP contribution in [0.4, 0.5) is 0 Å². The van der Waals surface area contributed by atoms with Crippen molar-refractivity contribution in [3.8, 4) is 5.75 Å².